The van der Waals surface area contributed by atoms with Gasteiger partial charge in [0.15, 0.2) is 5.76 Å². The predicted molar refractivity (Wildman–Crippen MR) is 105 cm³/mol. The lowest BCUT2D eigenvalue weighted by molar-refractivity contribution is -0.116. The Morgan fingerprint density at radius 1 is 1.33 bits per heavy atom. The molecule has 0 aromatic carbocycles. The van der Waals surface area contributed by atoms with Gasteiger partial charge >= 0.3 is 0 Å². The van der Waals surface area contributed by atoms with Crippen LogP contribution in [0.5, 0.6) is 0 Å². The zero-order chi connectivity index (χ0) is 19.0. The number of aryl methyl sites for hydroxylation is 1. The van der Waals surface area contributed by atoms with Gasteiger partial charge in [-0.25, -0.2) is 5.43 Å². The molecular formula is C21H26N4O2. The summed E-state index contributed by atoms with van der Waals surface area (Å²) in [6, 6.07) is 3.62. The van der Waals surface area contributed by atoms with Gasteiger partial charge < -0.3 is 9.40 Å². The van der Waals surface area contributed by atoms with Crippen molar-refractivity contribution in [3.05, 3.63) is 52.2 Å². The number of aromatic nitrogens is 1. The highest BCUT2D eigenvalue weighted by molar-refractivity contribution is 6.32. The minimum Gasteiger partial charge on any atom is -0.463 e. The Balaban J connectivity index is 1.74. The molecule has 0 unspecified atom stereocenters. The Hall–Kier alpha value is -2.60. The fraction of sp³-hybridized carbons (Fsp3) is 0.429. The number of furan rings is 1. The molecule has 2 aliphatic rings. The molecule has 2 aromatic heterocycles. The van der Waals surface area contributed by atoms with Crippen LogP contribution in [-0.4, -0.2) is 34.6 Å². The van der Waals surface area contributed by atoms with Gasteiger partial charge in [-0.05, 0) is 68.1 Å². The van der Waals surface area contributed by atoms with Crippen LogP contribution in [0.25, 0.3) is 6.08 Å². The Morgan fingerprint density at radius 3 is 2.74 bits per heavy atom. The van der Waals surface area contributed by atoms with Gasteiger partial charge in [-0.3, -0.25) is 9.69 Å². The Morgan fingerprint density at radius 2 is 2.11 bits per heavy atom. The van der Waals surface area contributed by atoms with Crippen LogP contribution in [0.3, 0.4) is 0 Å². The number of H-pyrrole nitrogens is 1. The van der Waals surface area contributed by atoms with Crippen LogP contribution < -0.4 is 5.43 Å². The molecule has 0 saturated heterocycles. The second kappa shape index (κ2) is 7.19. The van der Waals surface area contributed by atoms with E-state index in [4.69, 9.17) is 4.42 Å². The first-order chi connectivity index (χ1) is 13.1. The number of aromatic amines is 1. The molecule has 0 spiro atoms. The van der Waals surface area contributed by atoms with Crippen molar-refractivity contribution in [3.8, 4) is 0 Å². The van der Waals surface area contributed by atoms with Crippen molar-refractivity contribution in [1.82, 2.24) is 15.3 Å². The van der Waals surface area contributed by atoms with E-state index < -0.39 is 0 Å². The van der Waals surface area contributed by atoms with Gasteiger partial charge in [-0.15, -0.1) is 0 Å². The fourth-order valence-corrected chi connectivity index (χ4v) is 3.75. The van der Waals surface area contributed by atoms with E-state index in [0.717, 1.165) is 25.3 Å². The zero-order valence-corrected chi connectivity index (χ0v) is 16.1. The fourth-order valence-electron chi connectivity index (χ4n) is 3.75. The van der Waals surface area contributed by atoms with E-state index >= 15 is 0 Å². The van der Waals surface area contributed by atoms with Crippen molar-refractivity contribution in [2.24, 2.45) is 5.10 Å². The van der Waals surface area contributed by atoms with Crippen molar-refractivity contribution in [2.45, 2.75) is 46.1 Å². The molecule has 2 N–H and O–H groups in total. The van der Waals surface area contributed by atoms with E-state index in [1.54, 1.807) is 12.3 Å². The minimum atomic E-state index is -0.194. The van der Waals surface area contributed by atoms with E-state index in [-0.39, 0.29) is 5.91 Å². The third kappa shape index (κ3) is 3.37. The molecule has 1 aliphatic carbocycles. The number of hydrogen-bond donors (Lipinski definition) is 2. The third-order valence-electron chi connectivity index (χ3n) is 5.46. The molecule has 0 radical (unpaired) electrons. The number of rotatable bonds is 7. The summed E-state index contributed by atoms with van der Waals surface area (Å²) in [6.07, 6.45) is 5.96. The van der Waals surface area contributed by atoms with Gasteiger partial charge in [0.2, 0.25) is 0 Å². The van der Waals surface area contributed by atoms with Gasteiger partial charge in [0, 0.05) is 17.9 Å². The first-order valence-electron chi connectivity index (χ1n) is 9.70. The van der Waals surface area contributed by atoms with E-state index in [0.29, 0.717) is 23.0 Å². The number of hydrazone groups is 1. The average molecular weight is 366 g/mol. The smallest absolute Gasteiger partial charge is 0.273 e. The normalized spacial score (nSPS) is 18.4. The second-order valence-corrected chi connectivity index (χ2v) is 7.23. The monoisotopic (exact) mass is 366 g/mol. The van der Waals surface area contributed by atoms with E-state index in [2.05, 4.69) is 41.2 Å². The molecular weight excluding hydrogens is 340 g/mol. The van der Waals surface area contributed by atoms with Crippen molar-refractivity contribution in [2.75, 3.05) is 13.1 Å². The van der Waals surface area contributed by atoms with E-state index in [9.17, 15) is 4.79 Å². The number of carbonyl (C=O) groups excluding carboxylic acids is 1. The summed E-state index contributed by atoms with van der Waals surface area (Å²) < 4.78 is 5.45. The summed E-state index contributed by atoms with van der Waals surface area (Å²) in [7, 11) is 0. The maximum atomic E-state index is 12.4. The number of nitrogens with one attached hydrogen (secondary N) is 2. The highest BCUT2D eigenvalue weighted by atomic mass is 16.3. The summed E-state index contributed by atoms with van der Waals surface area (Å²) >= 11 is 0. The van der Waals surface area contributed by atoms with Gasteiger partial charge in [0.1, 0.15) is 5.71 Å². The maximum absolute atomic E-state index is 12.4. The lowest BCUT2D eigenvalue weighted by Gasteiger charge is -2.19. The van der Waals surface area contributed by atoms with Crippen LogP contribution >= 0.6 is 0 Å². The van der Waals surface area contributed by atoms with Gasteiger partial charge in [0.05, 0.1) is 11.8 Å². The molecule has 3 heterocycles. The lowest BCUT2D eigenvalue weighted by atomic mass is 10.0. The Kier molecular flexibility index (Phi) is 4.74. The molecule has 2 aromatic rings. The molecule has 0 bridgehead atoms. The van der Waals surface area contributed by atoms with Crippen molar-refractivity contribution in [3.63, 3.8) is 0 Å². The van der Waals surface area contributed by atoms with Crippen LogP contribution in [0.1, 0.15) is 60.9 Å². The largest absolute Gasteiger partial charge is 0.463 e. The van der Waals surface area contributed by atoms with Gasteiger partial charge in [0.25, 0.3) is 5.91 Å². The van der Waals surface area contributed by atoms with Gasteiger partial charge in [-0.2, -0.15) is 5.10 Å². The Bertz CT molecular complexity index is 897. The molecule has 142 valence electrons. The Labute approximate surface area is 159 Å². The summed E-state index contributed by atoms with van der Waals surface area (Å²) in [5.41, 5.74) is 8.63. The minimum absolute atomic E-state index is 0.194. The molecule has 6 nitrogen and oxygen atoms in total. The van der Waals surface area contributed by atoms with Crippen LogP contribution in [0.15, 0.2) is 33.5 Å². The summed E-state index contributed by atoms with van der Waals surface area (Å²) in [5, 5.41) is 4.16. The van der Waals surface area contributed by atoms with Gasteiger partial charge in [-0.1, -0.05) is 13.8 Å². The SMILES string of the molecule is CCN(CC)Cc1c(C)[nH]c(/C=C2/C(=O)NN=C2c2ccco2)c1C1CC1. The summed E-state index contributed by atoms with van der Waals surface area (Å²) in [6.45, 7) is 9.51. The molecule has 1 aliphatic heterocycles. The number of amides is 1. The highest BCUT2D eigenvalue weighted by Crippen LogP contribution is 2.45. The highest BCUT2D eigenvalue weighted by Gasteiger charge is 2.32. The summed E-state index contributed by atoms with van der Waals surface area (Å²) in [5.74, 6) is 0.987. The summed E-state index contributed by atoms with van der Waals surface area (Å²) in [4.78, 5) is 18.3. The topological polar surface area (TPSA) is 73.6 Å². The second-order valence-electron chi connectivity index (χ2n) is 7.23. The molecule has 0 atom stereocenters. The molecule has 1 amide bonds. The molecule has 1 saturated carbocycles. The number of carbonyl (C=O) groups is 1. The van der Waals surface area contributed by atoms with E-state index in [1.165, 1.54) is 29.7 Å². The quantitative estimate of drug-likeness (QED) is 0.736. The van der Waals surface area contributed by atoms with Crippen LogP contribution in [0.2, 0.25) is 0 Å². The zero-order valence-electron chi connectivity index (χ0n) is 16.1. The van der Waals surface area contributed by atoms with Crippen molar-refractivity contribution in [1.29, 1.82) is 0 Å². The van der Waals surface area contributed by atoms with E-state index in [1.807, 2.05) is 12.1 Å². The van der Waals surface area contributed by atoms with Crippen molar-refractivity contribution < 1.29 is 9.21 Å². The van der Waals surface area contributed by atoms with Crippen molar-refractivity contribution >= 4 is 17.7 Å². The number of nitrogens with zero attached hydrogens (tertiary/aromatic N) is 2. The van der Waals surface area contributed by atoms with Crippen LogP contribution in [0.4, 0.5) is 0 Å². The predicted octanol–water partition coefficient (Wildman–Crippen LogP) is 3.55. The molecule has 4 rings (SSSR count). The lowest BCUT2D eigenvalue weighted by Crippen LogP contribution is -2.22. The number of hydrogen-bond acceptors (Lipinski definition) is 4. The first kappa shape index (κ1) is 17.8. The standard InChI is InChI=1S/C21H26N4O2/c1-4-25(5-2)12-16-13(3)22-17(19(16)14-8-9-14)11-15-20(23-24-21(15)26)18-7-6-10-27-18/h6-7,10-11,14,22H,4-5,8-9,12H2,1-3H3,(H,24,26)/b15-11+. The van der Waals surface area contributed by atoms with Crippen LogP contribution in [-0.2, 0) is 11.3 Å². The third-order valence-corrected chi connectivity index (χ3v) is 5.46. The molecule has 1 fully saturated rings. The average Bonchev–Trinajstić information content (AvgIpc) is 3.08. The van der Waals surface area contributed by atoms with Crippen LogP contribution in [0, 0.1) is 6.92 Å². The maximum Gasteiger partial charge on any atom is 0.273 e. The molecule has 6 heteroatoms. The first-order valence-corrected chi connectivity index (χ1v) is 9.70. The molecule has 27 heavy (non-hydrogen) atoms.